The van der Waals surface area contributed by atoms with Crippen molar-refractivity contribution >= 4 is 0 Å². The fraction of sp³-hybridized carbons (Fsp3) is 1.00. The first-order chi connectivity index (χ1) is 6.88. The summed E-state index contributed by atoms with van der Waals surface area (Å²) < 4.78 is 11.8. The van der Waals surface area contributed by atoms with E-state index in [4.69, 9.17) is 0 Å². The molecule has 1 fully saturated rings. The van der Waals surface area contributed by atoms with Crippen molar-refractivity contribution < 1.29 is 9.50 Å². The molecule has 0 bridgehead atoms. The minimum Gasteiger partial charge on any atom is -0.396 e. The molecule has 0 saturated heterocycles. The maximum absolute atomic E-state index is 11.8. The van der Waals surface area contributed by atoms with E-state index in [1.54, 1.807) is 0 Å². The Morgan fingerprint density at radius 1 is 1.21 bits per heavy atom. The standard InChI is InChI=1S/C11H22FNO/c12-6-3-7-13-8-10-4-1-2-5-11(10)9-14/h10-11,13-14H,1-9H2. The van der Waals surface area contributed by atoms with Crippen LogP contribution in [0.15, 0.2) is 0 Å². The van der Waals surface area contributed by atoms with Crippen LogP contribution >= 0.6 is 0 Å². The molecular weight excluding hydrogens is 181 g/mol. The predicted molar refractivity (Wildman–Crippen MR) is 56.0 cm³/mol. The van der Waals surface area contributed by atoms with Gasteiger partial charge in [0.15, 0.2) is 0 Å². The van der Waals surface area contributed by atoms with Gasteiger partial charge < -0.3 is 10.4 Å². The van der Waals surface area contributed by atoms with Gasteiger partial charge in [-0.2, -0.15) is 0 Å². The highest BCUT2D eigenvalue weighted by Crippen LogP contribution is 2.28. The lowest BCUT2D eigenvalue weighted by molar-refractivity contribution is 0.133. The van der Waals surface area contributed by atoms with E-state index in [-0.39, 0.29) is 6.67 Å². The lowest BCUT2D eigenvalue weighted by Crippen LogP contribution is -2.32. The molecular formula is C11H22FNO. The summed E-state index contributed by atoms with van der Waals surface area (Å²) in [6.45, 7) is 1.80. The molecule has 2 unspecified atom stereocenters. The molecule has 1 aliphatic rings. The van der Waals surface area contributed by atoms with Gasteiger partial charge in [-0.05, 0) is 44.2 Å². The third kappa shape index (κ3) is 3.93. The number of nitrogens with one attached hydrogen (secondary N) is 1. The fourth-order valence-corrected chi connectivity index (χ4v) is 2.27. The molecule has 0 spiro atoms. The second-order valence-corrected chi connectivity index (χ2v) is 4.23. The molecule has 2 nitrogen and oxygen atoms in total. The quantitative estimate of drug-likeness (QED) is 0.644. The summed E-state index contributed by atoms with van der Waals surface area (Å²) in [4.78, 5) is 0. The third-order valence-electron chi connectivity index (χ3n) is 3.19. The van der Waals surface area contributed by atoms with Crippen LogP contribution in [0.25, 0.3) is 0 Å². The normalized spacial score (nSPS) is 27.9. The van der Waals surface area contributed by atoms with Gasteiger partial charge in [0.1, 0.15) is 0 Å². The van der Waals surface area contributed by atoms with E-state index in [2.05, 4.69) is 5.32 Å². The van der Waals surface area contributed by atoms with Crippen LogP contribution in [0.2, 0.25) is 0 Å². The Bertz CT molecular complexity index is 143. The van der Waals surface area contributed by atoms with E-state index in [0.717, 1.165) is 19.5 Å². The molecule has 2 N–H and O–H groups in total. The Balaban J connectivity index is 2.13. The molecule has 14 heavy (non-hydrogen) atoms. The monoisotopic (exact) mass is 203 g/mol. The van der Waals surface area contributed by atoms with Crippen molar-refractivity contribution in [2.45, 2.75) is 32.1 Å². The smallest absolute Gasteiger partial charge is 0.0906 e. The van der Waals surface area contributed by atoms with Crippen LogP contribution in [0, 0.1) is 11.8 Å². The number of halogens is 1. The Morgan fingerprint density at radius 3 is 2.57 bits per heavy atom. The first-order valence-corrected chi connectivity index (χ1v) is 5.76. The zero-order chi connectivity index (χ0) is 10.2. The lowest BCUT2D eigenvalue weighted by atomic mass is 9.79. The SMILES string of the molecule is OCC1CCCCC1CNCCCF. The number of rotatable bonds is 6. The molecule has 0 amide bonds. The molecule has 3 heteroatoms. The van der Waals surface area contributed by atoms with Crippen molar-refractivity contribution in [1.29, 1.82) is 0 Å². The van der Waals surface area contributed by atoms with Gasteiger partial charge in [-0.1, -0.05) is 12.8 Å². The van der Waals surface area contributed by atoms with Gasteiger partial charge >= 0.3 is 0 Å². The number of aliphatic hydroxyl groups is 1. The summed E-state index contributed by atoms with van der Waals surface area (Å²) in [5, 5.41) is 12.4. The summed E-state index contributed by atoms with van der Waals surface area (Å²) in [6.07, 6.45) is 5.52. The summed E-state index contributed by atoms with van der Waals surface area (Å²) in [6, 6.07) is 0. The molecule has 0 aromatic heterocycles. The van der Waals surface area contributed by atoms with Gasteiger partial charge in [0.05, 0.1) is 6.67 Å². The van der Waals surface area contributed by atoms with Crippen LogP contribution in [-0.2, 0) is 0 Å². The minimum atomic E-state index is -0.235. The van der Waals surface area contributed by atoms with Crippen LogP contribution < -0.4 is 5.32 Å². The van der Waals surface area contributed by atoms with E-state index < -0.39 is 0 Å². The van der Waals surface area contributed by atoms with Crippen molar-refractivity contribution in [1.82, 2.24) is 5.32 Å². The molecule has 1 rings (SSSR count). The van der Waals surface area contributed by atoms with E-state index in [9.17, 15) is 9.50 Å². The Kier molecular flexibility index (Phi) is 6.12. The summed E-state index contributed by atoms with van der Waals surface area (Å²) >= 11 is 0. The fourth-order valence-electron chi connectivity index (χ4n) is 2.27. The zero-order valence-corrected chi connectivity index (χ0v) is 8.84. The van der Waals surface area contributed by atoms with Gasteiger partial charge in [-0.25, -0.2) is 0 Å². The summed E-state index contributed by atoms with van der Waals surface area (Å²) in [5.74, 6) is 1.08. The molecule has 0 radical (unpaired) electrons. The second-order valence-electron chi connectivity index (χ2n) is 4.23. The van der Waals surface area contributed by atoms with Gasteiger partial charge in [0.2, 0.25) is 0 Å². The number of hydrogen-bond acceptors (Lipinski definition) is 2. The van der Waals surface area contributed by atoms with E-state index in [1.165, 1.54) is 19.3 Å². The topological polar surface area (TPSA) is 32.3 Å². The molecule has 0 heterocycles. The van der Waals surface area contributed by atoms with Gasteiger partial charge in [0, 0.05) is 6.61 Å². The van der Waals surface area contributed by atoms with Crippen LogP contribution in [0.3, 0.4) is 0 Å². The van der Waals surface area contributed by atoms with Crippen LogP contribution in [0.4, 0.5) is 4.39 Å². The predicted octanol–water partition coefficient (Wildman–Crippen LogP) is 1.73. The molecule has 1 saturated carbocycles. The van der Waals surface area contributed by atoms with Crippen LogP contribution in [0.1, 0.15) is 32.1 Å². The highest BCUT2D eigenvalue weighted by atomic mass is 19.1. The minimum absolute atomic E-state index is 0.235. The first kappa shape index (κ1) is 11.9. The zero-order valence-electron chi connectivity index (χ0n) is 8.84. The van der Waals surface area contributed by atoms with Gasteiger partial charge in [0.25, 0.3) is 0 Å². The maximum atomic E-state index is 11.8. The Morgan fingerprint density at radius 2 is 1.93 bits per heavy atom. The Labute approximate surface area is 85.9 Å². The van der Waals surface area contributed by atoms with E-state index in [1.807, 2.05) is 0 Å². The van der Waals surface area contributed by atoms with Gasteiger partial charge in [-0.3, -0.25) is 4.39 Å². The van der Waals surface area contributed by atoms with E-state index in [0.29, 0.717) is 24.9 Å². The number of hydrogen-bond donors (Lipinski definition) is 2. The van der Waals surface area contributed by atoms with Crippen molar-refractivity contribution in [3.8, 4) is 0 Å². The largest absolute Gasteiger partial charge is 0.396 e. The maximum Gasteiger partial charge on any atom is 0.0906 e. The number of alkyl halides is 1. The summed E-state index contributed by atoms with van der Waals surface area (Å²) in [7, 11) is 0. The van der Waals surface area contributed by atoms with Gasteiger partial charge in [-0.15, -0.1) is 0 Å². The molecule has 84 valence electrons. The molecule has 0 aromatic carbocycles. The molecule has 1 aliphatic carbocycles. The molecule has 2 atom stereocenters. The second kappa shape index (κ2) is 7.18. The van der Waals surface area contributed by atoms with Crippen LogP contribution in [0.5, 0.6) is 0 Å². The third-order valence-corrected chi connectivity index (χ3v) is 3.19. The Hall–Kier alpha value is -0.150. The molecule has 0 aromatic rings. The summed E-state index contributed by atoms with van der Waals surface area (Å²) in [5.41, 5.74) is 0. The molecule has 0 aliphatic heterocycles. The first-order valence-electron chi connectivity index (χ1n) is 5.76. The van der Waals surface area contributed by atoms with E-state index >= 15 is 0 Å². The van der Waals surface area contributed by atoms with Crippen molar-refractivity contribution in [2.24, 2.45) is 11.8 Å². The lowest BCUT2D eigenvalue weighted by Gasteiger charge is -2.30. The highest BCUT2D eigenvalue weighted by molar-refractivity contribution is 4.76. The average Bonchev–Trinajstić information content (AvgIpc) is 2.25. The van der Waals surface area contributed by atoms with Crippen molar-refractivity contribution in [3.63, 3.8) is 0 Å². The average molecular weight is 203 g/mol. The van der Waals surface area contributed by atoms with Crippen LogP contribution in [-0.4, -0.2) is 31.5 Å². The highest BCUT2D eigenvalue weighted by Gasteiger charge is 2.23. The van der Waals surface area contributed by atoms with Crippen molar-refractivity contribution in [2.75, 3.05) is 26.4 Å². The van der Waals surface area contributed by atoms with Crippen molar-refractivity contribution in [3.05, 3.63) is 0 Å². The number of aliphatic hydroxyl groups excluding tert-OH is 1.